The van der Waals surface area contributed by atoms with E-state index in [1.807, 2.05) is 13.0 Å². The summed E-state index contributed by atoms with van der Waals surface area (Å²) in [5, 5.41) is 23.7. The Morgan fingerprint density at radius 3 is 2.73 bits per heavy atom. The number of nitrogens with zero attached hydrogens (tertiary/aromatic N) is 2. The van der Waals surface area contributed by atoms with Gasteiger partial charge in [-0.3, -0.25) is 4.98 Å². The Morgan fingerprint density at radius 1 is 1.27 bits per heavy atom. The molecule has 1 amide bonds. The van der Waals surface area contributed by atoms with Crippen LogP contribution in [0.5, 0.6) is 11.5 Å². The Hall–Kier alpha value is -2.80. The van der Waals surface area contributed by atoms with Gasteiger partial charge >= 0.3 is 6.09 Å². The molecule has 7 nitrogen and oxygen atoms in total. The van der Waals surface area contributed by atoms with Gasteiger partial charge in [-0.1, -0.05) is 12.1 Å². The molecule has 138 valence electrons. The SMILES string of the molecule is Cc1cncc(CNC(=O)ON2CCC(c3ccc(O)cc3O)CC2)c1. The maximum absolute atomic E-state index is 11.9. The fourth-order valence-corrected chi connectivity index (χ4v) is 3.17. The van der Waals surface area contributed by atoms with Crippen molar-refractivity contribution in [1.82, 2.24) is 15.4 Å². The quantitative estimate of drug-likeness (QED) is 0.779. The van der Waals surface area contributed by atoms with Gasteiger partial charge in [-0.2, -0.15) is 0 Å². The summed E-state index contributed by atoms with van der Waals surface area (Å²) in [5.74, 6) is 0.332. The Morgan fingerprint density at radius 2 is 2.04 bits per heavy atom. The lowest BCUT2D eigenvalue weighted by atomic mass is 9.89. The lowest BCUT2D eigenvalue weighted by Crippen LogP contribution is -2.38. The molecule has 0 aliphatic carbocycles. The topological polar surface area (TPSA) is 94.9 Å². The summed E-state index contributed by atoms with van der Waals surface area (Å²) in [6.07, 6.45) is 4.50. The number of nitrogens with one attached hydrogen (secondary N) is 1. The molecule has 0 radical (unpaired) electrons. The van der Waals surface area contributed by atoms with Crippen LogP contribution >= 0.6 is 0 Å². The molecule has 3 N–H and O–H groups in total. The first-order valence-electron chi connectivity index (χ1n) is 8.64. The summed E-state index contributed by atoms with van der Waals surface area (Å²) in [4.78, 5) is 21.4. The van der Waals surface area contributed by atoms with E-state index < -0.39 is 6.09 Å². The van der Waals surface area contributed by atoms with Crippen LogP contribution < -0.4 is 5.32 Å². The molecule has 1 fully saturated rings. The Balaban J connectivity index is 1.45. The number of phenols is 2. The molecular weight excluding hydrogens is 334 g/mol. The van der Waals surface area contributed by atoms with E-state index in [1.165, 1.54) is 6.07 Å². The summed E-state index contributed by atoms with van der Waals surface area (Å²) in [7, 11) is 0. The van der Waals surface area contributed by atoms with Gasteiger partial charge in [0.25, 0.3) is 0 Å². The van der Waals surface area contributed by atoms with Gasteiger partial charge in [0, 0.05) is 38.1 Å². The van der Waals surface area contributed by atoms with E-state index in [0.717, 1.165) is 29.5 Å². The maximum Gasteiger partial charge on any atom is 0.426 e. The summed E-state index contributed by atoms with van der Waals surface area (Å²) >= 11 is 0. The fourth-order valence-electron chi connectivity index (χ4n) is 3.17. The molecule has 2 aromatic rings. The van der Waals surface area contributed by atoms with Gasteiger partial charge in [-0.25, -0.2) is 4.79 Å². The third kappa shape index (κ3) is 4.64. The molecule has 7 heteroatoms. The minimum Gasteiger partial charge on any atom is -0.508 e. The minimum absolute atomic E-state index is 0.0486. The zero-order valence-electron chi connectivity index (χ0n) is 14.7. The molecule has 1 aliphatic heterocycles. The van der Waals surface area contributed by atoms with E-state index in [4.69, 9.17) is 4.84 Å². The zero-order valence-corrected chi connectivity index (χ0v) is 14.7. The highest BCUT2D eigenvalue weighted by Crippen LogP contribution is 2.35. The Kier molecular flexibility index (Phi) is 5.58. The van der Waals surface area contributed by atoms with E-state index in [9.17, 15) is 15.0 Å². The van der Waals surface area contributed by atoms with Gasteiger partial charge in [0.2, 0.25) is 0 Å². The summed E-state index contributed by atoms with van der Waals surface area (Å²) in [6.45, 7) is 3.49. The molecule has 3 rings (SSSR count). The predicted octanol–water partition coefficient (Wildman–Crippen LogP) is 2.82. The second-order valence-electron chi connectivity index (χ2n) is 6.55. The number of pyridine rings is 1. The summed E-state index contributed by atoms with van der Waals surface area (Å²) < 4.78 is 0. The molecule has 0 saturated carbocycles. The lowest BCUT2D eigenvalue weighted by molar-refractivity contribution is -0.113. The van der Waals surface area contributed by atoms with Crippen molar-refractivity contribution in [3.8, 4) is 11.5 Å². The van der Waals surface area contributed by atoms with Crippen molar-refractivity contribution in [3.63, 3.8) is 0 Å². The predicted molar refractivity (Wildman–Crippen MR) is 95.6 cm³/mol. The number of aromatic hydroxyl groups is 2. The molecule has 1 aromatic heterocycles. The lowest BCUT2D eigenvalue weighted by Gasteiger charge is -2.30. The first kappa shape index (κ1) is 18.0. The fraction of sp³-hybridized carbons (Fsp3) is 0.368. The normalized spacial score (nSPS) is 15.6. The highest BCUT2D eigenvalue weighted by Gasteiger charge is 2.25. The number of phenolic OH excluding ortho intramolecular Hbond substituents is 2. The third-order valence-corrected chi connectivity index (χ3v) is 4.49. The van der Waals surface area contributed by atoms with Crippen molar-refractivity contribution in [2.75, 3.05) is 13.1 Å². The molecule has 1 saturated heterocycles. The van der Waals surface area contributed by atoms with Gasteiger partial charge in [-0.15, -0.1) is 5.06 Å². The number of rotatable bonds is 4. The number of piperidine rings is 1. The third-order valence-electron chi connectivity index (χ3n) is 4.49. The highest BCUT2D eigenvalue weighted by atomic mass is 16.7. The monoisotopic (exact) mass is 357 g/mol. The standard InChI is InChI=1S/C19H23N3O4/c1-13-8-14(11-20-10-13)12-21-19(25)26-22-6-4-15(5-7-22)17-3-2-16(23)9-18(17)24/h2-3,8-11,15,23-24H,4-7,12H2,1H3,(H,21,25). The minimum atomic E-state index is -0.488. The molecule has 0 bridgehead atoms. The number of carbonyl (C=O) groups excluding carboxylic acids is 1. The van der Waals surface area contributed by atoms with Crippen LogP contribution in [0.4, 0.5) is 4.79 Å². The van der Waals surface area contributed by atoms with E-state index >= 15 is 0 Å². The van der Waals surface area contributed by atoms with Crippen LogP contribution in [0.3, 0.4) is 0 Å². The summed E-state index contributed by atoms with van der Waals surface area (Å²) in [5.41, 5.74) is 2.78. The van der Waals surface area contributed by atoms with Crippen LogP contribution in [-0.2, 0) is 11.4 Å². The Bertz CT molecular complexity index is 773. The van der Waals surface area contributed by atoms with Gasteiger partial charge < -0.3 is 20.4 Å². The van der Waals surface area contributed by atoms with Crippen molar-refractivity contribution >= 4 is 6.09 Å². The number of hydroxylamine groups is 2. The first-order valence-corrected chi connectivity index (χ1v) is 8.64. The number of aryl methyl sites for hydroxylation is 1. The first-order chi connectivity index (χ1) is 12.5. The maximum atomic E-state index is 11.9. The van der Waals surface area contributed by atoms with E-state index in [0.29, 0.717) is 19.6 Å². The van der Waals surface area contributed by atoms with Crippen molar-refractivity contribution in [2.24, 2.45) is 0 Å². The van der Waals surface area contributed by atoms with Gasteiger partial charge in [0.05, 0.1) is 0 Å². The molecule has 0 atom stereocenters. The van der Waals surface area contributed by atoms with Crippen LogP contribution in [-0.4, -0.2) is 39.4 Å². The second-order valence-corrected chi connectivity index (χ2v) is 6.55. The van der Waals surface area contributed by atoms with Crippen LogP contribution in [0.2, 0.25) is 0 Å². The molecule has 26 heavy (non-hydrogen) atoms. The molecule has 0 spiro atoms. The van der Waals surface area contributed by atoms with Crippen LogP contribution in [0.25, 0.3) is 0 Å². The smallest absolute Gasteiger partial charge is 0.426 e. The van der Waals surface area contributed by atoms with Gasteiger partial charge in [0.15, 0.2) is 0 Å². The Labute approximate surface area is 152 Å². The van der Waals surface area contributed by atoms with Crippen LogP contribution in [0.1, 0.15) is 35.4 Å². The number of hydrogen-bond acceptors (Lipinski definition) is 6. The van der Waals surface area contributed by atoms with E-state index in [-0.39, 0.29) is 17.4 Å². The molecule has 1 aliphatic rings. The molecule has 2 heterocycles. The van der Waals surface area contributed by atoms with Crippen LogP contribution in [0.15, 0.2) is 36.7 Å². The van der Waals surface area contributed by atoms with Crippen LogP contribution in [0, 0.1) is 6.92 Å². The number of hydrogen-bond donors (Lipinski definition) is 3. The van der Waals surface area contributed by atoms with Crippen molar-refractivity contribution < 1.29 is 19.8 Å². The largest absolute Gasteiger partial charge is 0.508 e. The van der Waals surface area contributed by atoms with Crippen molar-refractivity contribution in [3.05, 3.63) is 53.3 Å². The average Bonchev–Trinajstić information content (AvgIpc) is 2.61. The molecule has 1 aromatic carbocycles. The van der Waals surface area contributed by atoms with Gasteiger partial charge in [0.1, 0.15) is 11.5 Å². The van der Waals surface area contributed by atoms with Crippen molar-refractivity contribution in [1.29, 1.82) is 0 Å². The zero-order chi connectivity index (χ0) is 18.5. The summed E-state index contributed by atoms with van der Waals surface area (Å²) in [6, 6.07) is 6.63. The number of carbonyl (C=O) groups is 1. The number of amides is 1. The molecular formula is C19H23N3O4. The second kappa shape index (κ2) is 8.05. The number of aromatic nitrogens is 1. The van der Waals surface area contributed by atoms with Crippen molar-refractivity contribution in [2.45, 2.75) is 32.2 Å². The average molecular weight is 357 g/mol. The van der Waals surface area contributed by atoms with E-state index in [1.54, 1.807) is 29.6 Å². The highest BCUT2D eigenvalue weighted by molar-refractivity contribution is 5.66. The molecule has 0 unspecified atom stereocenters. The number of benzene rings is 1. The van der Waals surface area contributed by atoms with Gasteiger partial charge in [-0.05, 0) is 48.4 Å². The van der Waals surface area contributed by atoms with E-state index in [2.05, 4.69) is 10.3 Å².